The molecular formula is C26H22N4O5. The number of fused-ring (bicyclic) bond motifs is 1. The molecule has 0 atom stereocenters. The van der Waals surface area contributed by atoms with Gasteiger partial charge in [-0.15, -0.1) is 0 Å². The van der Waals surface area contributed by atoms with Gasteiger partial charge in [0.2, 0.25) is 0 Å². The number of para-hydroxylation sites is 1. The van der Waals surface area contributed by atoms with E-state index >= 15 is 0 Å². The molecule has 0 aliphatic heterocycles. The van der Waals surface area contributed by atoms with E-state index < -0.39 is 10.8 Å². The first-order chi connectivity index (χ1) is 17.0. The van der Waals surface area contributed by atoms with Gasteiger partial charge in [-0.1, -0.05) is 18.2 Å². The van der Waals surface area contributed by atoms with Crippen LogP contribution in [0, 0.1) is 17.0 Å². The number of nitro benzene ring substituents is 1. The fraction of sp³-hybridized carbons (Fsp3) is 0.115. The van der Waals surface area contributed by atoms with Gasteiger partial charge in [0.1, 0.15) is 23.6 Å². The highest BCUT2D eigenvalue weighted by Gasteiger charge is 2.13. The van der Waals surface area contributed by atoms with Gasteiger partial charge < -0.3 is 9.47 Å². The Kier molecular flexibility index (Phi) is 6.96. The smallest absolute Gasteiger partial charge is 0.272 e. The molecule has 3 aromatic carbocycles. The maximum atomic E-state index is 12.4. The van der Waals surface area contributed by atoms with Gasteiger partial charge in [0.15, 0.2) is 0 Å². The second-order valence-electron chi connectivity index (χ2n) is 7.65. The number of benzene rings is 3. The Morgan fingerprint density at radius 3 is 2.71 bits per heavy atom. The Hall–Kier alpha value is -4.79. The second-order valence-corrected chi connectivity index (χ2v) is 7.65. The molecule has 4 aromatic rings. The number of nitrogens with zero attached hydrogens (tertiary/aromatic N) is 3. The molecule has 1 N–H and O–H groups in total. The van der Waals surface area contributed by atoms with Crippen molar-refractivity contribution in [2.24, 2.45) is 5.10 Å². The van der Waals surface area contributed by atoms with E-state index in [9.17, 15) is 14.9 Å². The van der Waals surface area contributed by atoms with Crippen molar-refractivity contribution in [3.63, 3.8) is 0 Å². The van der Waals surface area contributed by atoms with E-state index in [1.54, 1.807) is 32.4 Å². The van der Waals surface area contributed by atoms with E-state index in [4.69, 9.17) is 9.47 Å². The molecule has 9 heteroatoms. The molecule has 176 valence electrons. The number of carbonyl (C=O) groups is 1. The fourth-order valence-corrected chi connectivity index (χ4v) is 3.57. The van der Waals surface area contributed by atoms with E-state index in [2.05, 4.69) is 15.5 Å². The standard InChI is InChI=1S/C26H22N4O5/c1-17-13-20(9-10-22(17)30(32)33)26(31)29-28-15-18-8-11-23(34-2)21(14-18)16-35-24-7-3-5-19-6-4-12-27-25(19)24/h3-15H,16H2,1-2H3,(H,29,31)/b28-15-. The molecule has 0 unspecified atom stereocenters. The molecule has 0 saturated heterocycles. The van der Waals surface area contributed by atoms with Gasteiger partial charge in [0.05, 0.1) is 18.2 Å². The van der Waals surface area contributed by atoms with Crippen LogP contribution < -0.4 is 14.9 Å². The van der Waals surface area contributed by atoms with Crippen LogP contribution in [0.3, 0.4) is 0 Å². The normalized spacial score (nSPS) is 10.9. The van der Waals surface area contributed by atoms with Crippen LogP contribution in [0.4, 0.5) is 5.69 Å². The van der Waals surface area contributed by atoms with Crippen LogP contribution >= 0.6 is 0 Å². The molecule has 0 saturated carbocycles. The van der Waals surface area contributed by atoms with Crippen LogP contribution in [0.15, 0.2) is 78.0 Å². The van der Waals surface area contributed by atoms with Gasteiger partial charge in [-0.05, 0) is 55.0 Å². The van der Waals surface area contributed by atoms with E-state index in [0.717, 1.165) is 22.0 Å². The summed E-state index contributed by atoms with van der Waals surface area (Å²) in [6.45, 7) is 1.82. The summed E-state index contributed by atoms with van der Waals surface area (Å²) in [5.41, 5.74) is 5.36. The van der Waals surface area contributed by atoms with Crippen molar-refractivity contribution in [2.45, 2.75) is 13.5 Å². The van der Waals surface area contributed by atoms with Crippen LogP contribution in [0.25, 0.3) is 10.9 Å². The first-order valence-corrected chi connectivity index (χ1v) is 10.7. The zero-order valence-corrected chi connectivity index (χ0v) is 19.1. The highest BCUT2D eigenvalue weighted by molar-refractivity contribution is 5.95. The predicted molar refractivity (Wildman–Crippen MR) is 132 cm³/mol. The summed E-state index contributed by atoms with van der Waals surface area (Å²) in [7, 11) is 1.58. The molecule has 4 rings (SSSR count). The molecule has 0 fully saturated rings. The lowest BCUT2D eigenvalue weighted by atomic mass is 10.1. The third-order valence-corrected chi connectivity index (χ3v) is 5.32. The number of pyridine rings is 1. The lowest BCUT2D eigenvalue weighted by molar-refractivity contribution is -0.385. The summed E-state index contributed by atoms with van der Waals surface area (Å²) in [4.78, 5) is 27.2. The second kappa shape index (κ2) is 10.4. The Morgan fingerprint density at radius 1 is 1.11 bits per heavy atom. The van der Waals surface area contributed by atoms with Crippen molar-refractivity contribution in [3.05, 3.63) is 105 Å². The number of aromatic nitrogens is 1. The van der Waals surface area contributed by atoms with Crippen molar-refractivity contribution in [1.29, 1.82) is 0 Å². The van der Waals surface area contributed by atoms with Crippen molar-refractivity contribution in [1.82, 2.24) is 10.4 Å². The number of hydrazone groups is 1. The number of nitro groups is 1. The minimum absolute atomic E-state index is 0.0442. The summed E-state index contributed by atoms with van der Waals surface area (Å²) >= 11 is 0. The van der Waals surface area contributed by atoms with E-state index in [1.807, 2.05) is 36.4 Å². The molecule has 1 amide bonds. The molecule has 0 bridgehead atoms. The molecule has 9 nitrogen and oxygen atoms in total. The number of rotatable bonds is 8. The molecule has 0 aliphatic rings. The van der Waals surface area contributed by atoms with Gasteiger partial charge >= 0.3 is 0 Å². The van der Waals surface area contributed by atoms with Crippen molar-refractivity contribution in [2.75, 3.05) is 7.11 Å². The number of hydrogen-bond acceptors (Lipinski definition) is 7. The van der Waals surface area contributed by atoms with E-state index in [1.165, 1.54) is 24.4 Å². The Balaban J connectivity index is 1.46. The zero-order valence-electron chi connectivity index (χ0n) is 19.1. The zero-order chi connectivity index (χ0) is 24.8. The van der Waals surface area contributed by atoms with Crippen molar-refractivity contribution < 1.29 is 19.2 Å². The average molecular weight is 470 g/mol. The average Bonchev–Trinajstić information content (AvgIpc) is 2.87. The summed E-state index contributed by atoms with van der Waals surface area (Å²) in [5.74, 6) is 0.843. The number of amides is 1. The lowest BCUT2D eigenvalue weighted by Crippen LogP contribution is -2.17. The van der Waals surface area contributed by atoms with Gasteiger partial charge in [-0.3, -0.25) is 19.9 Å². The first kappa shape index (κ1) is 23.4. The highest BCUT2D eigenvalue weighted by atomic mass is 16.6. The molecular weight excluding hydrogens is 448 g/mol. The molecule has 0 aliphatic carbocycles. The first-order valence-electron chi connectivity index (χ1n) is 10.7. The number of nitrogens with one attached hydrogen (secondary N) is 1. The monoisotopic (exact) mass is 470 g/mol. The number of carbonyl (C=O) groups excluding carboxylic acids is 1. The number of aryl methyl sites for hydroxylation is 1. The maximum absolute atomic E-state index is 12.4. The van der Waals surface area contributed by atoms with E-state index in [-0.39, 0.29) is 17.9 Å². The summed E-state index contributed by atoms with van der Waals surface area (Å²) in [6, 6.07) is 19.2. The highest BCUT2D eigenvalue weighted by Crippen LogP contribution is 2.26. The van der Waals surface area contributed by atoms with Crippen LogP contribution in [0.2, 0.25) is 0 Å². The summed E-state index contributed by atoms with van der Waals surface area (Å²) in [5, 5.41) is 15.9. The fourth-order valence-electron chi connectivity index (χ4n) is 3.57. The number of methoxy groups -OCH3 is 1. The SMILES string of the molecule is COc1ccc(/C=N\NC(=O)c2ccc([N+](=O)[O-])c(C)c2)cc1COc1cccc2cccnc12. The lowest BCUT2D eigenvalue weighted by Gasteiger charge is -2.12. The molecule has 1 aromatic heterocycles. The summed E-state index contributed by atoms with van der Waals surface area (Å²) in [6.07, 6.45) is 3.22. The van der Waals surface area contributed by atoms with Crippen molar-refractivity contribution in [3.8, 4) is 11.5 Å². The molecule has 0 radical (unpaired) electrons. The predicted octanol–water partition coefficient (Wildman–Crippen LogP) is 4.80. The van der Waals surface area contributed by atoms with Crippen LogP contribution in [0.5, 0.6) is 11.5 Å². The number of ether oxygens (including phenoxy) is 2. The van der Waals surface area contributed by atoms with Gasteiger partial charge in [0, 0.05) is 34.3 Å². The largest absolute Gasteiger partial charge is 0.496 e. The van der Waals surface area contributed by atoms with Crippen LogP contribution in [-0.4, -0.2) is 29.1 Å². The molecule has 0 spiro atoms. The number of hydrogen-bond donors (Lipinski definition) is 1. The summed E-state index contributed by atoms with van der Waals surface area (Å²) < 4.78 is 11.5. The Labute approximate surface area is 201 Å². The minimum Gasteiger partial charge on any atom is -0.496 e. The van der Waals surface area contributed by atoms with Gasteiger partial charge in [0.25, 0.3) is 11.6 Å². The maximum Gasteiger partial charge on any atom is 0.272 e. The van der Waals surface area contributed by atoms with Gasteiger partial charge in [-0.25, -0.2) is 5.43 Å². The van der Waals surface area contributed by atoms with E-state index in [0.29, 0.717) is 17.1 Å². The molecule has 35 heavy (non-hydrogen) atoms. The quantitative estimate of drug-likeness (QED) is 0.225. The topological polar surface area (TPSA) is 116 Å². The third kappa shape index (κ3) is 5.41. The van der Waals surface area contributed by atoms with Crippen LogP contribution in [0.1, 0.15) is 27.0 Å². The van der Waals surface area contributed by atoms with Gasteiger partial charge in [-0.2, -0.15) is 5.10 Å². The van der Waals surface area contributed by atoms with Crippen molar-refractivity contribution >= 4 is 28.7 Å². The van der Waals surface area contributed by atoms with Crippen LogP contribution in [-0.2, 0) is 6.61 Å². The minimum atomic E-state index is -0.489. The Bertz CT molecular complexity index is 1430. The molecule has 1 heterocycles. The third-order valence-electron chi connectivity index (χ3n) is 5.32. The Morgan fingerprint density at radius 2 is 1.94 bits per heavy atom.